The minimum Gasteiger partial charge on any atom is -0.393 e. The lowest BCUT2D eigenvalue weighted by Gasteiger charge is -2.33. The number of hydrogen-bond donors (Lipinski definition) is 2. The van der Waals surface area contributed by atoms with Crippen LogP contribution < -0.4 is 5.56 Å². The summed E-state index contributed by atoms with van der Waals surface area (Å²) in [6.45, 7) is -0.180. The zero-order valence-electron chi connectivity index (χ0n) is 9.56. The normalized spacial score (nSPS) is 22.4. The molecule has 2 heterocycles. The van der Waals surface area contributed by atoms with Gasteiger partial charge in [-0.05, 0) is 12.1 Å². The number of aromatic nitrogens is 1. The van der Waals surface area contributed by atoms with E-state index in [9.17, 15) is 19.4 Å². The van der Waals surface area contributed by atoms with Crippen LogP contribution in [0.3, 0.4) is 0 Å². The maximum absolute atomic E-state index is 13.7. The summed E-state index contributed by atoms with van der Waals surface area (Å²) in [5.74, 6) is -0.440. The molecule has 2 aromatic rings. The highest BCUT2D eigenvalue weighted by Gasteiger charge is 2.35. The molecule has 0 spiro atoms. The third-order valence-electron chi connectivity index (χ3n) is 3.60. The molecule has 1 aromatic carbocycles. The Labute approximate surface area is 102 Å². The number of nitrogens with zero attached hydrogens (tertiary/aromatic N) is 1. The lowest BCUT2D eigenvalue weighted by Crippen LogP contribution is -2.38. The van der Waals surface area contributed by atoms with Gasteiger partial charge in [0.05, 0.1) is 12.1 Å². The van der Waals surface area contributed by atoms with E-state index in [4.69, 9.17) is 0 Å². The van der Waals surface area contributed by atoms with Gasteiger partial charge in [0.25, 0.3) is 5.56 Å². The predicted molar refractivity (Wildman–Crippen MR) is 63.8 cm³/mol. The summed E-state index contributed by atoms with van der Waals surface area (Å²) in [6, 6.07) is 5.41. The Morgan fingerprint density at radius 2 is 2.11 bits per heavy atom. The highest BCUT2D eigenvalue weighted by atomic mass is 19.1. The molecule has 0 amide bonds. The third kappa shape index (κ3) is 1.34. The van der Waals surface area contributed by atoms with Crippen LogP contribution in [-0.2, 0) is 12.1 Å². The Balaban J connectivity index is 2.50. The van der Waals surface area contributed by atoms with E-state index in [2.05, 4.69) is 0 Å². The molecule has 0 bridgehead atoms. The number of rotatable bonds is 1. The van der Waals surface area contributed by atoms with Gasteiger partial charge in [0.2, 0.25) is 0 Å². The summed E-state index contributed by atoms with van der Waals surface area (Å²) in [5, 5.41) is 20.0. The monoisotopic (exact) mass is 249 g/mol. The largest absolute Gasteiger partial charge is 0.393 e. The summed E-state index contributed by atoms with van der Waals surface area (Å²) in [5.41, 5.74) is -0.843. The molecule has 2 N–H and O–H groups in total. The van der Waals surface area contributed by atoms with E-state index < -0.39 is 18.0 Å². The predicted octanol–water partition coefficient (Wildman–Crippen LogP) is 0.724. The standard InChI is InChI=1S/C13H12FNO3/c14-10-3-2-9-12-8(10)1-4-11(17)15(12)6-5-13(9,18)7-16/h1-4,16,18H,5-7H2. The van der Waals surface area contributed by atoms with Crippen LogP contribution in [0.4, 0.5) is 4.39 Å². The van der Waals surface area contributed by atoms with E-state index in [0.29, 0.717) is 16.5 Å². The molecule has 1 aliphatic heterocycles. The molecule has 1 atom stereocenters. The summed E-state index contributed by atoms with van der Waals surface area (Å²) >= 11 is 0. The van der Waals surface area contributed by atoms with Gasteiger partial charge in [-0.25, -0.2) is 4.39 Å². The van der Waals surface area contributed by atoms with Crippen molar-refractivity contribution in [2.75, 3.05) is 6.61 Å². The van der Waals surface area contributed by atoms with Crippen molar-refractivity contribution in [3.63, 3.8) is 0 Å². The fraction of sp³-hybridized carbons (Fsp3) is 0.308. The second-order valence-electron chi connectivity index (χ2n) is 4.62. The van der Waals surface area contributed by atoms with Crippen molar-refractivity contribution in [2.24, 2.45) is 0 Å². The molecule has 3 rings (SSSR count). The van der Waals surface area contributed by atoms with Crippen LogP contribution >= 0.6 is 0 Å². The van der Waals surface area contributed by atoms with Gasteiger partial charge < -0.3 is 14.8 Å². The number of halogens is 1. The molecule has 4 nitrogen and oxygen atoms in total. The smallest absolute Gasteiger partial charge is 0.251 e. The van der Waals surface area contributed by atoms with Crippen LogP contribution in [0.5, 0.6) is 0 Å². The molecule has 18 heavy (non-hydrogen) atoms. The molecule has 0 saturated heterocycles. The summed E-state index contributed by atoms with van der Waals surface area (Å²) in [4.78, 5) is 11.8. The van der Waals surface area contributed by atoms with Crippen LogP contribution in [0.2, 0.25) is 0 Å². The molecule has 0 fully saturated rings. The maximum atomic E-state index is 13.7. The number of aliphatic hydroxyl groups excluding tert-OH is 1. The van der Waals surface area contributed by atoms with E-state index in [0.717, 1.165) is 0 Å². The van der Waals surface area contributed by atoms with Gasteiger partial charge in [0.15, 0.2) is 0 Å². The zero-order chi connectivity index (χ0) is 12.9. The second-order valence-corrected chi connectivity index (χ2v) is 4.62. The Hall–Kier alpha value is -1.72. The van der Waals surface area contributed by atoms with E-state index in [1.165, 1.54) is 28.8 Å². The highest BCUT2D eigenvalue weighted by Crippen LogP contribution is 2.35. The van der Waals surface area contributed by atoms with Gasteiger partial charge in [-0.2, -0.15) is 0 Å². The minimum atomic E-state index is -1.40. The van der Waals surface area contributed by atoms with E-state index in [-0.39, 0.29) is 18.5 Å². The van der Waals surface area contributed by atoms with Gasteiger partial charge in [-0.15, -0.1) is 0 Å². The van der Waals surface area contributed by atoms with E-state index >= 15 is 0 Å². The van der Waals surface area contributed by atoms with Crippen LogP contribution in [0.25, 0.3) is 10.9 Å². The van der Waals surface area contributed by atoms with Gasteiger partial charge in [0.1, 0.15) is 11.4 Å². The lowest BCUT2D eigenvalue weighted by molar-refractivity contribution is -0.0320. The fourth-order valence-corrected chi connectivity index (χ4v) is 2.58. The van der Waals surface area contributed by atoms with Crippen LogP contribution in [-0.4, -0.2) is 21.4 Å². The number of pyridine rings is 1. The van der Waals surface area contributed by atoms with Crippen molar-refractivity contribution in [3.8, 4) is 0 Å². The number of aliphatic hydroxyl groups is 2. The van der Waals surface area contributed by atoms with Gasteiger partial charge in [-0.1, -0.05) is 6.07 Å². The van der Waals surface area contributed by atoms with Gasteiger partial charge >= 0.3 is 0 Å². The Kier molecular flexibility index (Phi) is 2.30. The Morgan fingerprint density at radius 3 is 2.83 bits per heavy atom. The van der Waals surface area contributed by atoms with Crippen molar-refractivity contribution in [1.29, 1.82) is 0 Å². The molecule has 1 unspecified atom stereocenters. The fourth-order valence-electron chi connectivity index (χ4n) is 2.58. The van der Waals surface area contributed by atoms with Crippen LogP contribution in [0.15, 0.2) is 29.1 Å². The van der Waals surface area contributed by atoms with E-state index in [1.54, 1.807) is 0 Å². The molecule has 1 aromatic heterocycles. The summed E-state index contributed by atoms with van der Waals surface area (Å²) in [7, 11) is 0. The first-order valence-electron chi connectivity index (χ1n) is 5.72. The molecule has 0 saturated carbocycles. The lowest BCUT2D eigenvalue weighted by atomic mass is 9.86. The SMILES string of the molecule is O=c1ccc2c(F)ccc3c2n1CCC3(O)CO. The third-order valence-corrected chi connectivity index (χ3v) is 3.60. The molecule has 1 aliphatic rings. The van der Waals surface area contributed by atoms with Gasteiger partial charge in [0, 0.05) is 30.0 Å². The summed E-state index contributed by atoms with van der Waals surface area (Å²) in [6.07, 6.45) is 0.237. The Bertz CT molecular complexity index is 694. The average molecular weight is 249 g/mol. The van der Waals surface area contributed by atoms with Crippen LogP contribution in [0.1, 0.15) is 12.0 Å². The first kappa shape index (κ1) is 11.4. The van der Waals surface area contributed by atoms with Crippen molar-refractivity contribution in [1.82, 2.24) is 4.57 Å². The molecule has 5 heteroatoms. The highest BCUT2D eigenvalue weighted by molar-refractivity contribution is 5.84. The molecule has 0 aliphatic carbocycles. The van der Waals surface area contributed by atoms with Crippen molar-refractivity contribution < 1.29 is 14.6 Å². The zero-order valence-corrected chi connectivity index (χ0v) is 9.56. The first-order chi connectivity index (χ1) is 8.57. The van der Waals surface area contributed by atoms with Crippen molar-refractivity contribution in [3.05, 3.63) is 46.0 Å². The van der Waals surface area contributed by atoms with Gasteiger partial charge in [-0.3, -0.25) is 4.79 Å². The number of aryl methyl sites for hydroxylation is 1. The summed E-state index contributed by atoms with van der Waals surface area (Å²) < 4.78 is 15.2. The topological polar surface area (TPSA) is 62.5 Å². The molecule has 94 valence electrons. The second kappa shape index (κ2) is 3.63. The van der Waals surface area contributed by atoms with Crippen LogP contribution in [0, 0.1) is 5.82 Å². The number of benzene rings is 1. The van der Waals surface area contributed by atoms with Crippen molar-refractivity contribution in [2.45, 2.75) is 18.6 Å². The minimum absolute atomic E-state index is 0.227. The maximum Gasteiger partial charge on any atom is 0.251 e. The average Bonchev–Trinajstić information content (AvgIpc) is 2.37. The number of hydrogen-bond acceptors (Lipinski definition) is 3. The first-order valence-corrected chi connectivity index (χ1v) is 5.72. The molecule has 0 radical (unpaired) electrons. The van der Waals surface area contributed by atoms with E-state index in [1.807, 2.05) is 0 Å². The Morgan fingerprint density at radius 1 is 1.33 bits per heavy atom. The molecular weight excluding hydrogens is 237 g/mol. The molecular formula is C13H12FNO3. The quantitative estimate of drug-likeness (QED) is 0.783. The van der Waals surface area contributed by atoms with Crippen molar-refractivity contribution >= 4 is 10.9 Å².